The third-order valence-electron chi connectivity index (χ3n) is 7.90. The molecular formula is C27H25N3O9. The van der Waals surface area contributed by atoms with E-state index in [2.05, 4.69) is 0 Å². The highest BCUT2D eigenvalue weighted by Gasteiger charge is 2.67. The molecule has 0 saturated heterocycles. The van der Waals surface area contributed by atoms with Gasteiger partial charge < -0.3 is 42.4 Å². The first-order valence-corrected chi connectivity index (χ1v) is 11.9. The third kappa shape index (κ3) is 3.38. The molecule has 10 N–H and O–H groups in total. The third-order valence-corrected chi connectivity index (χ3v) is 7.90. The zero-order valence-electron chi connectivity index (χ0n) is 20.6. The minimum Gasteiger partial charge on any atom is -0.508 e. The molecule has 1 saturated carbocycles. The molecule has 3 atom stereocenters. The van der Waals surface area contributed by atoms with Crippen LogP contribution >= 0.6 is 0 Å². The Morgan fingerprint density at radius 1 is 1.03 bits per heavy atom. The molecule has 0 heterocycles. The van der Waals surface area contributed by atoms with Crippen LogP contribution in [-0.2, 0) is 20.8 Å². The van der Waals surface area contributed by atoms with Crippen LogP contribution in [-0.4, -0.2) is 62.1 Å². The summed E-state index contributed by atoms with van der Waals surface area (Å²) < 4.78 is 5.45. The number of hydrogen-bond donors (Lipinski definition) is 7. The summed E-state index contributed by atoms with van der Waals surface area (Å²) in [5.41, 5.74) is 12.2. The van der Waals surface area contributed by atoms with Crippen molar-refractivity contribution < 1.29 is 44.3 Å². The lowest BCUT2D eigenvalue weighted by molar-refractivity contribution is -0.150. The molecule has 3 aliphatic rings. The van der Waals surface area contributed by atoms with Gasteiger partial charge in [0.15, 0.2) is 11.5 Å². The van der Waals surface area contributed by atoms with Gasteiger partial charge >= 0.3 is 0 Å². The van der Waals surface area contributed by atoms with Gasteiger partial charge in [0.1, 0.15) is 22.8 Å². The number of benzene rings is 2. The van der Waals surface area contributed by atoms with E-state index in [0.717, 1.165) is 0 Å². The predicted molar refractivity (Wildman–Crippen MR) is 135 cm³/mol. The number of aliphatic hydroxyl groups excluding tert-OH is 2. The summed E-state index contributed by atoms with van der Waals surface area (Å²) in [6.07, 6.45) is -0.926. The molecule has 0 bridgehead atoms. The van der Waals surface area contributed by atoms with Crippen LogP contribution in [0.25, 0.3) is 16.9 Å². The van der Waals surface area contributed by atoms with Gasteiger partial charge in [0.25, 0.3) is 5.91 Å². The Hall–Kier alpha value is -4.68. The van der Waals surface area contributed by atoms with E-state index in [1.54, 1.807) is 6.07 Å². The molecular weight excluding hydrogens is 510 g/mol. The van der Waals surface area contributed by atoms with Crippen LogP contribution < -0.4 is 21.9 Å². The summed E-state index contributed by atoms with van der Waals surface area (Å²) in [7, 11) is 1.42. The Bertz CT molecular complexity index is 1590. The monoisotopic (exact) mass is 535 g/mol. The van der Waals surface area contributed by atoms with Crippen molar-refractivity contribution >= 4 is 29.1 Å². The number of hydrogen-bond acceptors (Lipinski definition) is 10. The van der Waals surface area contributed by atoms with Gasteiger partial charge in [0, 0.05) is 23.1 Å². The number of phenolic OH excluding ortho intramolecular Hbond substituents is 1. The molecule has 0 aromatic heterocycles. The molecule has 0 aliphatic heterocycles. The molecule has 0 radical (unpaired) electrons. The molecule has 2 aromatic rings. The number of amides is 2. The maximum atomic E-state index is 13.8. The number of aliphatic hydroxyl groups is 3. The largest absolute Gasteiger partial charge is 0.508 e. The van der Waals surface area contributed by atoms with Crippen molar-refractivity contribution in [1.29, 1.82) is 0 Å². The summed E-state index contributed by atoms with van der Waals surface area (Å²) in [5, 5.41) is 44.3. The van der Waals surface area contributed by atoms with E-state index in [-0.39, 0.29) is 35.3 Å². The number of fused-ring (bicyclic) bond motifs is 3. The topological polar surface area (TPSA) is 236 Å². The van der Waals surface area contributed by atoms with Gasteiger partial charge in [0.05, 0.1) is 18.2 Å². The van der Waals surface area contributed by atoms with Crippen LogP contribution in [0.3, 0.4) is 0 Å². The first kappa shape index (κ1) is 25.9. The van der Waals surface area contributed by atoms with E-state index < -0.39 is 64.0 Å². The van der Waals surface area contributed by atoms with Crippen molar-refractivity contribution in [2.24, 2.45) is 23.1 Å². The van der Waals surface area contributed by atoms with Gasteiger partial charge in [-0.1, -0.05) is 6.07 Å². The first-order chi connectivity index (χ1) is 18.3. The van der Waals surface area contributed by atoms with Crippen LogP contribution in [0.1, 0.15) is 34.3 Å². The minimum absolute atomic E-state index is 0.00449. The number of phenols is 1. The Labute approximate surface area is 221 Å². The Balaban J connectivity index is 1.76. The predicted octanol–water partition coefficient (Wildman–Crippen LogP) is 0.280. The van der Waals surface area contributed by atoms with Crippen molar-refractivity contribution in [1.82, 2.24) is 0 Å². The van der Waals surface area contributed by atoms with Crippen molar-refractivity contribution in [3.05, 3.63) is 63.9 Å². The zero-order valence-corrected chi connectivity index (χ0v) is 20.6. The number of methoxy groups -OCH3 is 1. The number of rotatable bonds is 4. The van der Waals surface area contributed by atoms with Gasteiger partial charge in [0.2, 0.25) is 17.3 Å². The highest BCUT2D eigenvalue weighted by molar-refractivity contribution is 6.23. The molecule has 39 heavy (non-hydrogen) atoms. The van der Waals surface area contributed by atoms with Gasteiger partial charge in [-0.3, -0.25) is 19.2 Å². The lowest BCUT2D eigenvalue weighted by Crippen LogP contribution is -2.73. The number of ketones is 2. The Kier molecular flexibility index (Phi) is 5.60. The average molecular weight is 536 g/mol. The highest BCUT2D eigenvalue weighted by Crippen LogP contribution is 2.54. The van der Waals surface area contributed by atoms with E-state index in [0.29, 0.717) is 22.4 Å². The normalized spacial score (nSPS) is 26.1. The second-order valence-corrected chi connectivity index (χ2v) is 10.0. The smallest absolute Gasteiger partial charge is 0.255 e. The molecule has 3 aliphatic carbocycles. The van der Waals surface area contributed by atoms with E-state index in [9.17, 15) is 39.6 Å². The van der Waals surface area contributed by atoms with Gasteiger partial charge in [-0.15, -0.1) is 0 Å². The molecule has 5 rings (SSSR count). The SMILES string of the molecule is COc1ccc(C(N)=O)cc1-c1ccc(O)c2c1C[C@H]1C[C@@]3(N)CC(=O)C(C(N)=O)=C(O)[C@@]3(O)C(=O)C1=C2O. The number of carbonyl (C=O) groups is 4. The number of ether oxygens (including phenoxy) is 1. The lowest BCUT2D eigenvalue weighted by atomic mass is 9.55. The number of nitrogens with two attached hydrogens (primary N) is 3. The molecule has 12 heteroatoms. The van der Waals surface area contributed by atoms with Crippen LogP contribution in [0.15, 0.2) is 47.2 Å². The second-order valence-electron chi connectivity index (χ2n) is 10.0. The van der Waals surface area contributed by atoms with Gasteiger partial charge in [-0.05, 0) is 54.2 Å². The molecule has 12 nitrogen and oxygen atoms in total. The quantitative estimate of drug-likeness (QED) is 0.264. The summed E-state index contributed by atoms with van der Waals surface area (Å²) >= 11 is 0. The Morgan fingerprint density at radius 3 is 2.33 bits per heavy atom. The zero-order chi connectivity index (χ0) is 28.6. The van der Waals surface area contributed by atoms with Crippen molar-refractivity contribution in [2.75, 3.05) is 7.11 Å². The fraction of sp³-hybridized carbons (Fsp3) is 0.259. The lowest BCUT2D eigenvalue weighted by Gasteiger charge is -2.52. The van der Waals surface area contributed by atoms with Crippen molar-refractivity contribution in [2.45, 2.75) is 30.4 Å². The molecule has 2 aromatic carbocycles. The summed E-state index contributed by atoms with van der Waals surface area (Å²) in [5.74, 6) is -7.01. The minimum atomic E-state index is -2.92. The molecule has 0 unspecified atom stereocenters. The first-order valence-electron chi connectivity index (χ1n) is 11.9. The maximum absolute atomic E-state index is 13.8. The van der Waals surface area contributed by atoms with Crippen LogP contribution in [0, 0.1) is 5.92 Å². The van der Waals surface area contributed by atoms with Crippen molar-refractivity contribution in [3.8, 4) is 22.6 Å². The number of Topliss-reactive ketones (excluding diaryl/α,β-unsaturated/α-hetero) is 2. The van der Waals surface area contributed by atoms with E-state index >= 15 is 0 Å². The van der Waals surface area contributed by atoms with Gasteiger partial charge in [-0.25, -0.2) is 0 Å². The molecule has 1 fully saturated rings. The van der Waals surface area contributed by atoms with Crippen molar-refractivity contribution in [3.63, 3.8) is 0 Å². The summed E-state index contributed by atoms with van der Waals surface area (Å²) in [6, 6.07) is 7.33. The average Bonchev–Trinajstić information content (AvgIpc) is 2.85. The van der Waals surface area contributed by atoms with E-state index in [4.69, 9.17) is 21.9 Å². The van der Waals surface area contributed by atoms with Crippen LogP contribution in [0.2, 0.25) is 0 Å². The fourth-order valence-corrected chi connectivity index (χ4v) is 6.07. The highest BCUT2D eigenvalue weighted by atomic mass is 16.5. The number of aromatic hydroxyl groups is 1. The fourth-order valence-electron chi connectivity index (χ4n) is 6.07. The van der Waals surface area contributed by atoms with Gasteiger partial charge in [-0.2, -0.15) is 0 Å². The van der Waals surface area contributed by atoms with Crippen LogP contribution in [0.5, 0.6) is 11.5 Å². The van der Waals surface area contributed by atoms with Crippen LogP contribution in [0.4, 0.5) is 0 Å². The number of carbonyl (C=O) groups excluding carboxylic acids is 4. The molecule has 202 valence electrons. The van der Waals surface area contributed by atoms with E-state index in [1.165, 1.54) is 31.4 Å². The van der Waals surface area contributed by atoms with E-state index in [1.807, 2.05) is 0 Å². The summed E-state index contributed by atoms with van der Waals surface area (Å²) in [4.78, 5) is 50.1. The number of primary amides is 2. The molecule has 0 spiro atoms. The Morgan fingerprint density at radius 2 is 1.72 bits per heavy atom. The standard InChI is InChI=1S/C27H25N3O9/c1-39-17-5-2-10(24(28)36)6-13(17)12-3-4-15(31)19-14(12)7-11-8-26(30)9-16(32)20(25(29)37)23(35)27(26,38)22(34)18(11)21(19)33/h2-6,11,31,33,35,38H,7-9,30H2,1H3,(H2,28,36)(H2,29,37)/t11-,26+,27-/m0/s1. The molecule has 2 amide bonds. The second kappa shape index (κ2) is 8.41. The summed E-state index contributed by atoms with van der Waals surface area (Å²) in [6.45, 7) is 0. The maximum Gasteiger partial charge on any atom is 0.255 e.